The van der Waals surface area contributed by atoms with Gasteiger partial charge in [0.15, 0.2) is 5.66 Å². The highest BCUT2D eigenvalue weighted by atomic mass is 79.9. The minimum atomic E-state index is -0.751. The number of nitrogens with zero attached hydrogens (tertiary/aromatic N) is 3. The average Bonchev–Trinajstić information content (AvgIpc) is 2.55. The zero-order chi connectivity index (χ0) is 18.0. The van der Waals surface area contributed by atoms with Crippen LogP contribution in [-0.4, -0.2) is 22.6 Å². The summed E-state index contributed by atoms with van der Waals surface area (Å²) in [5.41, 5.74) is 13.8. The van der Waals surface area contributed by atoms with E-state index in [0.29, 0.717) is 5.02 Å². The summed E-state index contributed by atoms with van der Waals surface area (Å²) in [5.74, 6) is 0.291. The van der Waals surface area contributed by atoms with Gasteiger partial charge in [0.2, 0.25) is 11.9 Å². The smallest absolute Gasteiger partial charge is 0.226 e. The SMILES string of the molecule is Br.CC1(C)N=C(N)N=C(N)N1OCc1cc(-c2ccccc2)ccc1Cl. The second-order valence-electron chi connectivity index (χ2n) is 6.17. The number of benzene rings is 2. The van der Waals surface area contributed by atoms with Crippen molar-refractivity contribution >= 4 is 40.5 Å². The number of guanidine groups is 2. The van der Waals surface area contributed by atoms with Crippen molar-refractivity contribution in [2.75, 3.05) is 0 Å². The average molecular weight is 439 g/mol. The Hall–Kier alpha value is -2.09. The van der Waals surface area contributed by atoms with Gasteiger partial charge in [-0.05, 0) is 42.7 Å². The summed E-state index contributed by atoms with van der Waals surface area (Å²) < 4.78 is 0. The van der Waals surface area contributed by atoms with E-state index in [9.17, 15) is 0 Å². The van der Waals surface area contributed by atoms with Gasteiger partial charge >= 0.3 is 0 Å². The molecule has 6 nitrogen and oxygen atoms in total. The van der Waals surface area contributed by atoms with E-state index in [-0.39, 0.29) is 35.5 Å². The fourth-order valence-electron chi connectivity index (χ4n) is 2.65. The van der Waals surface area contributed by atoms with E-state index in [2.05, 4.69) is 9.98 Å². The Labute approximate surface area is 168 Å². The molecule has 0 aromatic heterocycles. The van der Waals surface area contributed by atoms with Crippen molar-refractivity contribution in [1.82, 2.24) is 5.06 Å². The van der Waals surface area contributed by atoms with Crippen molar-refractivity contribution in [3.63, 3.8) is 0 Å². The Morgan fingerprint density at radius 1 is 1.08 bits per heavy atom. The number of halogens is 2. The molecule has 138 valence electrons. The maximum Gasteiger partial charge on any atom is 0.226 e. The molecule has 26 heavy (non-hydrogen) atoms. The molecule has 0 saturated heterocycles. The van der Waals surface area contributed by atoms with Crippen LogP contribution in [0, 0.1) is 0 Å². The summed E-state index contributed by atoms with van der Waals surface area (Å²) in [6, 6.07) is 15.9. The molecule has 0 atom stereocenters. The number of nitrogens with two attached hydrogens (primary N) is 2. The molecule has 0 spiro atoms. The predicted octanol–water partition coefficient (Wildman–Crippen LogP) is 3.70. The fraction of sp³-hybridized carbons (Fsp3) is 0.222. The van der Waals surface area contributed by atoms with Crippen LogP contribution in [0.5, 0.6) is 0 Å². The van der Waals surface area contributed by atoms with Crippen LogP contribution >= 0.6 is 28.6 Å². The number of rotatable bonds is 4. The Balaban J connectivity index is 0.00000243. The van der Waals surface area contributed by atoms with Crippen molar-refractivity contribution in [3.05, 3.63) is 59.1 Å². The van der Waals surface area contributed by atoms with Crippen LogP contribution < -0.4 is 11.5 Å². The lowest BCUT2D eigenvalue weighted by molar-refractivity contribution is -0.166. The molecule has 2 aromatic carbocycles. The van der Waals surface area contributed by atoms with E-state index in [0.717, 1.165) is 16.7 Å². The first-order valence-electron chi connectivity index (χ1n) is 7.83. The largest absolute Gasteiger partial charge is 0.368 e. The van der Waals surface area contributed by atoms with Gasteiger partial charge in [-0.25, -0.2) is 4.99 Å². The second-order valence-corrected chi connectivity index (χ2v) is 6.58. The summed E-state index contributed by atoms with van der Waals surface area (Å²) in [5, 5.41) is 2.06. The Morgan fingerprint density at radius 3 is 2.42 bits per heavy atom. The van der Waals surface area contributed by atoms with E-state index in [1.54, 1.807) is 0 Å². The molecule has 0 saturated carbocycles. The quantitative estimate of drug-likeness (QED) is 0.762. The number of hydrogen-bond acceptors (Lipinski definition) is 6. The first-order valence-corrected chi connectivity index (χ1v) is 8.21. The van der Waals surface area contributed by atoms with Crippen LogP contribution in [-0.2, 0) is 11.4 Å². The first-order chi connectivity index (χ1) is 11.9. The summed E-state index contributed by atoms with van der Waals surface area (Å²) >= 11 is 6.32. The summed E-state index contributed by atoms with van der Waals surface area (Å²) in [6.45, 7) is 3.90. The summed E-state index contributed by atoms with van der Waals surface area (Å²) in [7, 11) is 0. The van der Waals surface area contributed by atoms with Gasteiger partial charge in [0.25, 0.3) is 0 Å². The highest BCUT2D eigenvalue weighted by molar-refractivity contribution is 8.93. The molecular formula is C18H21BrClN5O. The molecule has 3 rings (SSSR count). The zero-order valence-electron chi connectivity index (χ0n) is 14.5. The molecule has 1 heterocycles. The molecule has 0 amide bonds. The molecule has 0 bridgehead atoms. The highest BCUT2D eigenvalue weighted by Gasteiger charge is 2.33. The second kappa shape index (κ2) is 8.07. The van der Waals surface area contributed by atoms with Crippen molar-refractivity contribution in [3.8, 4) is 11.1 Å². The van der Waals surface area contributed by atoms with Crippen molar-refractivity contribution in [2.45, 2.75) is 26.1 Å². The van der Waals surface area contributed by atoms with E-state index < -0.39 is 5.66 Å². The molecule has 1 aliphatic heterocycles. The van der Waals surface area contributed by atoms with E-state index in [1.807, 2.05) is 62.4 Å². The van der Waals surface area contributed by atoms with Crippen molar-refractivity contribution in [1.29, 1.82) is 0 Å². The van der Waals surface area contributed by atoms with Crippen LogP contribution in [0.3, 0.4) is 0 Å². The molecule has 0 fully saturated rings. The van der Waals surface area contributed by atoms with E-state index >= 15 is 0 Å². The Kier molecular flexibility index (Phi) is 6.28. The normalized spacial score (nSPS) is 15.7. The topological polar surface area (TPSA) is 89.2 Å². The third-order valence-corrected chi connectivity index (χ3v) is 4.19. The Morgan fingerprint density at radius 2 is 1.77 bits per heavy atom. The van der Waals surface area contributed by atoms with Crippen LogP contribution in [0.1, 0.15) is 19.4 Å². The number of aliphatic imine (C=N–C) groups is 2. The lowest BCUT2D eigenvalue weighted by atomic mass is 10.0. The van der Waals surface area contributed by atoms with Gasteiger partial charge < -0.3 is 11.5 Å². The van der Waals surface area contributed by atoms with Gasteiger partial charge in [0, 0.05) is 5.02 Å². The molecule has 8 heteroatoms. The lowest BCUT2D eigenvalue weighted by Crippen LogP contribution is -2.53. The van der Waals surface area contributed by atoms with Gasteiger partial charge in [-0.15, -0.1) is 17.0 Å². The Bertz CT molecular complexity index is 839. The molecule has 1 aliphatic rings. The van der Waals surface area contributed by atoms with Gasteiger partial charge in [-0.2, -0.15) is 10.1 Å². The molecule has 0 unspecified atom stereocenters. The van der Waals surface area contributed by atoms with Gasteiger partial charge in [0.05, 0.1) is 0 Å². The minimum Gasteiger partial charge on any atom is -0.368 e. The van der Waals surface area contributed by atoms with Crippen LogP contribution in [0.2, 0.25) is 5.02 Å². The monoisotopic (exact) mass is 437 g/mol. The third-order valence-electron chi connectivity index (χ3n) is 3.82. The van der Waals surface area contributed by atoms with Gasteiger partial charge in [-0.3, -0.25) is 4.84 Å². The van der Waals surface area contributed by atoms with Crippen molar-refractivity contribution in [2.24, 2.45) is 21.5 Å². The highest BCUT2D eigenvalue weighted by Crippen LogP contribution is 2.27. The van der Waals surface area contributed by atoms with Crippen molar-refractivity contribution < 1.29 is 4.84 Å². The third kappa shape index (κ3) is 4.35. The number of hydroxylamine groups is 2. The maximum atomic E-state index is 6.32. The van der Waals surface area contributed by atoms with E-state index in [1.165, 1.54) is 5.06 Å². The zero-order valence-corrected chi connectivity index (χ0v) is 17.0. The predicted molar refractivity (Wildman–Crippen MR) is 111 cm³/mol. The van der Waals surface area contributed by atoms with Gasteiger partial charge in [0.1, 0.15) is 6.61 Å². The van der Waals surface area contributed by atoms with Gasteiger partial charge in [-0.1, -0.05) is 48.0 Å². The summed E-state index contributed by atoms with van der Waals surface area (Å²) in [6.07, 6.45) is 0. The van der Waals surface area contributed by atoms with Crippen LogP contribution in [0.4, 0.5) is 0 Å². The molecule has 0 aliphatic carbocycles. The fourth-order valence-corrected chi connectivity index (χ4v) is 2.82. The van der Waals surface area contributed by atoms with Crippen LogP contribution in [0.25, 0.3) is 11.1 Å². The minimum absolute atomic E-state index is 0. The lowest BCUT2D eigenvalue weighted by Gasteiger charge is -2.36. The first kappa shape index (κ1) is 20.2. The summed E-state index contributed by atoms with van der Waals surface area (Å²) in [4.78, 5) is 14.0. The molecule has 0 radical (unpaired) electrons. The molecule has 4 N–H and O–H groups in total. The molecule has 2 aromatic rings. The number of hydrogen-bond donors (Lipinski definition) is 2. The van der Waals surface area contributed by atoms with Crippen LogP contribution in [0.15, 0.2) is 58.5 Å². The standard InChI is InChI=1S/C18H20ClN5O.BrH/c1-18(2)23-16(20)22-17(21)24(18)25-11-14-10-13(8-9-15(14)19)12-6-4-3-5-7-12;/h3-10H,11H2,1-2H3,(H4,20,21,22,23);1H. The molecular weight excluding hydrogens is 418 g/mol. The van der Waals surface area contributed by atoms with E-state index in [4.69, 9.17) is 27.9 Å². The maximum absolute atomic E-state index is 6.32.